The van der Waals surface area contributed by atoms with Crippen LogP contribution in [0.5, 0.6) is 0 Å². The van der Waals surface area contributed by atoms with Crippen LogP contribution in [0.4, 0.5) is 0 Å². The van der Waals surface area contributed by atoms with Gasteiger partial charge in [0.2, 0.25) is 0 Å². The number of carboxylic acid groups (broad SMARTS) is 1. The summed E-state index contributed by atoms with van der Waals surface area (Å²) in [6.07, 6.45) is 1.04. The minimum Gasteiger partial charge on any atom is -0.481 e. The van der Waals surface area contributed by atoms with E-state index in [1.165, 1.54) is 0 Å². The zero-order valence-electron chi connectivity index (χ0n) is 9.68. The Kier molecular flexibility index (Phi) is 4.11. The first-order chi connectivity index (χ1) is 6.99. The predicted octanol–water partition coefficient (Wildman–Crippen LogP) is 0.798. The van der Waals surface area contributed by atoms with E-state index in [0.717, 1.165) is 13.0 Å². The molecule has 1 rings (SSSR count). The van der Waals surface area contributed by atoms with Gasteiger partial charge in [0.05, 0.1) is 12.5 Å². The second-order valence-electron chi connectivity index (χ2n) is 4.62. The topological polar surface area (TPSA) is 60.8 Å². The highest BCUT2D eigenvalue weighted by molar-refractivity contribution is 5.70. The fourth-order valence-corrected chi connectivity index (χ4v) is 2.32. The number of hydrogen-bond acceptors (Lipinski definition) is 3. The minimum absolute atomic E-state index is 0.00963. The van der Waals surface area contributed by atoms with Crippen molar-refractivity contribution in [1.29, 1.82) is 0 Å². The fourth-order valence-electron chi connectivity index (χ4n) is 2.32. The van der Waals surface area contributed by atoms with E-state index < -0.39 is 5.97 Å². The van der Waals surface area contributed by atoms with Crippen molar-refractivity contribution in [3.63, 3.8) is 0 Å². The van der Waals surface area contributed by atoms with Crippen molar-refractivity contribution >= 4 is 5.97 Å². The summed E-state index contributed by atoms with van der Waals surface area (Å²) in [7, 11) is 0. The number of aliphatic hydroxyl groups is 1. The molecule has 0 amide bonds. The highest BCUT2D eigenvalue weighted by Crippen LogP contribution is 2.28. The van der Waals surface area contributed by atoms with Crippen molar-refractivity contribution in [1.82, 2.24) is 4.90 Å². The van der Waals surface area contributed by atoms with E-state index in [1.807, 2.05) is 6.92 Å². The van der Waals surface area contributed by atoms with Gasteiger partial charge in [-0.25, -0.2) is 0 Å². The van der Waals surface area contributed by atoms with Gasteiger partial charge in [0.1, 0.15) is 0 Å². The Morgan fingerprint density at radius 1 is 1.53 bits per heavy atom. The van der Waals surface area contributed by atoms with Gasteiger partial charge in [-0.1, -0.05) is 13.8 Å². The molecule has 4 heteroatoms. The normalized spacial score (nSPS) is 31.5. The van der Waals surface area contributed by atoms with Crippen LogP contribution in [0.15, 0.2) is 0 Å². The van der Waals surface area contributed by atoms with Gasteiger partial charge in [0.15, 0.2) is 0 Å². The van der Waals surface area contributed by atoms with Gasteiger partial charge in [-0.2, -0.15) is 0 Å². The monoisotopic (exact) mass is 215 g/mol. The maximum absolute atomic E-state index is 10.9. The van der Waals surface area contributed by atoms with Crippen molar-refractivity contribution in [2.24, 2.45) is 11.8 Å². The highest BCUT2D eigenvalue weighted by Gasteiger charge is 2.36. The number of aliphatic carboxylic acids is 1. The molecule has 4 atom stereocenters. The van der Waals surface area contributed by atoms with Crippen LogP contribution in [0.25, 0.3) is 0 Å². The molecule has 1 saturated heterocycles. The molecule has 1 heterocycles. The van der Waals surface area contributed by atoms with Gasteiger partial charge >= 0.3 is 5.97 Å². The Balaban J connectivity index is 2.67. The van der Waals surface area contributed by atoms with Gasteiger partial charge in [-0.05, 0) is 25.8 Å². The number of aliphatic hydroxyl groups excluding tert-OH is 1. The van der Waals surface area contributed by atoms with Gasteiger partial charge in [0.25, 0.3) is 0 Å². The lowest BCUT2D eigenvalue weighted by Gasteiger charge is -2.33. The van der Waals surface area contributed by atoms with Gasteiger partial charge < -0.3 is 10.2 Å². The van der Waals surface area contributed by atoms with Crippen molar-refractivity contribution in [2.45, 2.75) is 39.3 Å². The summed E-state index contributed by atoms with van der Waals surface area (Å²) in [5, 5.41) is 18.2. The van der Waals surface area contributed by atoms with E-state index in [4.69, 9.17) is 5.11 Å². The van der Waals surface area contributed by atoms with Crippen LogP contribution in [-0.4, -0.2) is 46.3 Å². The molecule has 4 nitrogen and oxygen atoms in total. The van der Waals surface area contributed by atoms with Crippen molar-refractivity contribution in [3.8, 4) is 0 Å². The smallest absolute Gasteiger partial charge is 0.307 e. The van der Waals surface area contributed by atoms with Crippen molar-refractivity contribution in [3.05, 3.63) is 0 Å². The van der Waals surface area contributed by atoms with Gasteiger partial charge in [-0.3, -0.25) is 9.69 Å². The number of carboxylic acids is 1. The lowest BCUT2D eigenvalue weighted by Crippen LogP contribution is -2.45. The molecular formula is C11H21NO3. The zero-order valence-corrected chi connectivity index (χ0v) is 9.68. The van der Waals surface area contributed by atoms with Crippen molar-refractivity contribution in [2.75, 3.05) is 13.2 Å². The second kappa shape index (κ2) is 4.94. The summed E-state index contributed by atoms with van der Waals surface area (Å²) >= 11 is 0. The average molecular weight is 215 g/mol. The van der Waals surface area contributed by atoms with Crippen LogP contribution < -0.4 is 0 Å². The van der Waals surface area contributed by atoms with E-state index in [0.29, 0.717) is 5.92 Å². The molecule has 88 valence electrons. The Labute approximate surface area is 90.9 Å². The molecule has 0 spiro atoms. The maximum Gasteiger partial charge on any atom is 0.307 e. The van der Waals surface area contributed by atoms with Gasteiger partial charge in [0, 0.05) is 12.1 Å². The van der Waals surface area contributed by atoms with E-state index in [9.17, 15) is 9.90 Å². The molecule has 2 N–H and O–H groups in total. The second-order valence-corrected chi connectivity index (χ2v) is 4.62. The number of carbonyl (C=O) groups is 1. The zero-order chi connectivity index (χ0) is 11.6. The highest BCUT2D eigenvalue weighted by atomic mass is 16.4. The van der Waals surface area contributed by atoms with Crippen LogP contribution in [0.2, 0.25) is 0 Å². The number of rotatable bonds is 4. The summed E-state index contributed by atoms with van der Waals surface area (Å²) < 4.78 is 0. The summed E-state index contributed by atoms with van der Waals surface area (Å²) in [6.45, 7) is 6.78. The summed E-state index contributed by atoms with van der Waals surface area (Å²) in [5.74, 6) is -0.693. The average Bonchev–Trinajstić information content (AvgIpc) is 2.57. The molecule has 0 aromatic heterocycles. The molecule has 0 aliphatic carbocycles. The lowest BCUT2D eigenvalue weighted by atomic mass is 9.99. The van der Waals surface area contributed by atoms with Crippen LogP contribution in [-0.2, 0) is 4.79 Å². The molecule has 15 heavy (non-hydrogen) atoms. The largest absolute Gasteiger partial charge is 0.481 e. The molecular weight excluding hydrogens is 194 g/mol. The SMILES string of the molecule is CC1CCN(C(C)C(C)C(=O)O)C1CO. The standard InChI is InChI=1S/C11H21NO3/c1-7-4-5-12(10(7)6-13)9(3)8(2)11(14)15/h7-10,13H,4-6H2,1-3H3,(H,14,15). The lowest BCUT2D eigenvalue weighted by molar-refractivity contribution is -0.143. The summed E-state index contributed by atoms with van der Waals surface area (Å²) in [6, 6.07) is 0.117. The Bertz CT molecular complexity index is 232. The molecule has 0 aromatic carbocycles. The van der Waals surface area contributed by atoms with E-state index in [2.05, 4.69) is 11.8 Å². The first kappa shape index (κ1) is 12.5. The maximum atomic E-state index is 10.9. The number of hydrogen-bond donors (Lipinski definition) is 2. The van der Waals surface area contributed by atoms with E-state index >= 15 is 0 Å². The first-order valence-corrected chi connectivity index (χ1v) is 5.58. The van der Waals surface area contributed by atoms with Crippen LogP contribution >= 0.6 is 0 Å². The molecule has 0 saturated carbocycles. The third-order valence-electron chi connectivity index (χ3n) is 3.75. The Morgan fingerprint density at radius 2 is 2.13 bits per heavy atom. The van der Waals surface area contributed by atoms with Crippen LogP contribution in [0, 0.1) is 11.8 Å². The van der Waals surface area contributed by atoms with Gasteiger partial charge in [-0.15, -0.1) is 0 Å². The number of likely N-dealkylation sites (tertiary alicyclic amines) is 1. The fraction of sp³-hybridized carbons (Fsp3) is 0.909. The molecule has 0 aromatic rings. The quantitative estimate of drug-likeness (QED) is 0.728. The Hall–Kier alpha value is -0.610. The number of nitrogens with zero attached hydrogens (tertiary/aromatic N) is 1. The van der Waals surface area contributed by atoms with E-state index in [1.54, 1.807) is 6.92 Å². The minimum atomic E-state index is -0.765. The van der Waals surface area contributed by atoms with E-state index in [-0.39, 0.29) is 24.6 Å². The van der Waals surface area contributed by atoms with Crippen LogP contribution in [0.1, 0.15) is 27.2 Å². The Morgan fingerprint density at radius 3 is 2.60 bits per heavy atom. The molecule has 1 fully saturated rings. The third kappa shape index (κ3) is 2.49. The summed E-state index contributed by atoms with van der Waals surface area (Å²) in [4.78, 5) is 13.0. The molecule has 4 unspecified atom stereocenters. The van der Waals surface area contributed by atoms with Crippen molar-refractivity contribution < 1.29 is 15.0 Å². The molecule has 1 aliphatic heterocycles. The third-order valence-corrected chi connectivity index (χ3v) is 3.75. The molecule has 0 bridgehead atoms. The molecule has 0 radical (unpaired) electrons. The molecule has 1 aliphatic rings. The van der Waals surface area contributed by atoms with Crippen LogP contribution in [0.3, 0.4) is 0 Å². The summed E-state index contributed by atoms with van der Waals surface area (Å²) in [5.41, 5.74) is 0. The predicted molar refractivity (Wildman–Crippen MR) is 57.6 cm³/mol. The first-order valence-electron chi connectivity index (χ1n) is 5.58.